The van der Waals surface area contributed by atoms with Crippen molar-refractivity contribution in [2.24, 2.45) is 0 Å². The number of ether oxygens (including phenoxy) is 4. The topological polar surface area (TPSA) is 74.3 Å². The maximum Gasteiger partial charge on any atom is 0.340 e. The molecule has 1 aromatic carbocycles. The quantitative estimate of drug-likeness (QED) is 0.395. The van der Waals surface area contributed by atoms with Crippen molar-refractivity contribution in [2.45, 2.75) is 13.3 Å². The monoisotopic (exact) mass is 375 g/mol. The highest BCUT2D eigenvalue weighted by molar-refractivity contribution is 6.16. The Balaban J connectivity index is 2.45. The maximum absolute atomic E-state index is 12.9. The van der Waals surface area contributed by atoms with Crippen molar-refractivity contribution in [3.8, 4) is 11.5 Å². The van der Waals surface area contributed by atoms with Crippen LogP contribution in [0.5, 0.6) is 11.5 Å². The fourth-order valence-corrected chi connectivity index (χ4v) is 2.97. The molecular weight excluding hydrogens is 350 g/mol. The Morgan fingerprint density at radius 1 is 1.11 bits per heavy atom. The van der Waals surface area contributed by atoms with Crippen molar-refractivity contribution in [1.29, 1.82) is 0 Å². The van der Waals surface area contributed by atoms with Gasteiger partial charge in [-0.25, -0.2) is 4.79 Å². The molecule has 0 atom stereocenters. The summed E-state index contributed by atoms with van der Waals surface area (Å²) in [5.74, 6) is 0.341. The minimum Gasteiger partial charge on any atom is -0.493 e. The number of allylic oxidation sites excluding steroid dienone is 1. The number of methoxy groups -OCH3 is 4. The minimum absolute atomic E-state index is 0.237. The average Bonchev–Trinajstić information content (AvgIpc) is 2.91. The van der Waals surface area contributed by atoms with E-state index in [0.717, 1.165) is 0 Å². The fourth-order valence-electron chi connectivity index (χ4n) is 2.97. The number of amides is 1. The van der Waals surface area contributed by atoms with Crippen molar-refractivity contribution >= 4 is 18.0 Å². The predicted octanol–water partition coefficient (Wildman–Crippen LogP) is 2.41. The second-order valence-electron chi connectivity index (χ2n) is 5.93. The molecule has 0 spiro atoms. The third-order valence-electron chi connectivity index (χ3n) is 4.35. The molecule has 1 heterocycles. The molecule has 1 aliphatic heterocycles. The van der Waals surface area contributed by atoms with E-state index < -0.39 is 5.97 Å². The summed E-state index contributed by atoms with van der Waals surface area (Å²) >= 11 is 0. The Morgan fingerprint density at radius 3 is 2.41 bits per heavy atom. The van der Waals surface area contributed by atoms with Gasteiger partial charge >= 0.3 is 5.97 Å². The number of hydrogen-bond donors (Lipinski definition) is 0. The molecule has 0 radical (unpaired) electrons. The average molecular weight is 375 g/mol. The van der Waals surface area contributed by atoms with Gasteiger partial charge in [0.05, 0.1) is 32.5 Å². The van der Waals surface area contributed by atoms with Gasteiger partial charge in [0, 0.05) is 26.0 Å². The van der Waals surface area contributed by atoms with Crippen molar-refractivity contribution in [3.05, 3.63) is 40.6 Å². The molecule has 0 saturated heterocycles. The van der Waals surface area contributed by atoms with Crippen LogP contribution in [0.1, 0.15) is 18.9 Å². The Morgan fingerprint density at radius 2 is 1.81 bits per heavy atom. The predicted molar refractivity (Wildman–Crippen MR) is 100 cm³/mol. The van der Waals surface area contributed by atoms with E-state index in [0.29, 0.717) is 47.9 Å². The Bertz CT molecular complexity index is 781. The van der Waals surface area contributed by atoms with E-state index in [1.54, 1.807) is 50.3 Å². The van der Waals surface area contributed by atoms with Crippen molar-refractivity contribution < 1.29 is 28.5 Å². The zero-order valence-corrected chi connectivity index (χ0v) is 16.3. The lowest BCUT2D eigenvalue weighted by molar-refractivity contribution is -0.136. The van der Waals surface area contributed by atoms with Crippen LogP contribution in [-0.4, -0.2) is 58.4 Å². The van der Waals surface area contributed by atoms with Gasteiger partial charge in [-0.2, -0.15) is 0 Å². The van der Waals surface area contributed by atoms with E-state index in [2.05, 4.69) is 0 Å². The van der Waals surface area contributed by atoms with Gasteiger partial charge in [0.2, 0.25) is 0 Å². The second-order valence-corrected chi connectivity index (χ2v) is 5.93. The van der Waals surface area contributed by atoms with Crippen LogP contribution in [-0.2, 0) is 19.1 Å². The summed E-state index contributed by atoms with van der Waals surface area (Å²) in [6.07, 6.45) is 2.33. The Kier molecular flexibility index (Phi) is 7.01. The normalized spacial score (nSPS) is 15.5. The molecule has 0 aromatic heterocycles. The highest BCUT2D eigenvalue weighted by Crippen LogP contribution is 2.33. The first-order valence-electron chi connectivity index (χ1n) is 8.52. The van der Waals surface area contributed by atoms with E-state index in [9.17, 15) is 9.59 Å². The van der Waals surface area contributed by atoms with Gasteiger partial charge in [0.1, 0.15) is 0 Å². The van der Waals surface area contributed by atoms with Crippen LogP contribution < -0.4 is 9.47 Å². The molecule has 146 valence electrons. The first kappa shape index (κ1) is 20.5. The molecule has 1 aliphatic rings. The molecule has 2 rings (SSSR count). The van der Waals surface area contributed by atoms with Gasteiger partial charge in [-0.05, 0) is 37.1 Å². The van der Waals surface area contributed by atoms with E-state index in [4.69, 9.17) is 18.9 Å². The number of esters is 1. The summed E-state index contributed by atoms with van der Waals surface area (Å²) in [5.41, 5.74) is 1.86. The largest absolute Gasteiger partial charge is 0.493 e. The number of carbonyl (C=O) groups excluding carboxylic acids is 2. The summed E-state index contributed by atoms with van der Waals surface area (Å²) in [4.78, 5) is 26.8. The number of hydrogen-bond acceptors (Lipinski definition) is 6. The molecule has 0 aliphatic carbocycles. The van der Waals surface area contributed by atoms with Gasteiger partial charge in [-0.3, -0.25) is 4.79 Å². The summed E-state index contributed by atoms with van der Waals surface area (Å²) < 4.78 is 20.5. The number of benzene rings is 1. The molecule has 0 N–H and O–H groups in total. The third-order valence-corrected chi connectivity index (χ3v) is 4.35. The lowest BCUT2D eigenvalue weighted by atomic mass is 10.0. The van der Waals surface area contributed by atoms with E-state index in [1.165, 1.54) is 14.2 Å². The van der Waals surface area contributed by atoms with Crippen LogP contribution in [0.4, 0.5) is 0 Å². The molecular formula is C20H25NO6. The molecule has 0 saturated carbocycles. The van der Waals surface area contributed by atoms with Crippen molar-refractivity contribution in [1.82, 2.24) is 4.90 Å². The summed E-state index contributed by atoms with van der Waals surface area (Å²) in [5, 5.41) is 0. The number of carbonyl (C=O) groups is 2. The van der Waals surface area contributed by atoms with Crippen LogP contribution in [0.3, 0.4) is 0 Å². The summed E-state index contributed by atoms with van der Waals surface area (Å²) in [6.45, 7) is 2.73. The zero-order chi connectivity index (χ0) is 20.0. The van der Waals surface area contributed by atoms with Crippen LogP contribution in [0.2, 0.25) is 0 Å². The molecule has 27 heavy (non-hydrogen) atoms. The summed E-state index contributed by atoms with van der Waals surface area (Å²) in [7, 11) is 6.00. The molecule has 0 fully saturated rings. The summed E-state index contributed by atoms with van der Waals surface area (Å²) in [6, 6.07) is 5.28. The van der Waals surface area contributed by atoms with Gasteiger partial charge in [0.15, 0.2) is 11.5 Å². The van der Waals surface area contributed by atoms with Gasteiger partial charge in [-0.15, -0.1) is 0 Å². The van der Waals surface area contributed by atoms with Crippen molar-refractivity contribution in [2.75, 3.05) is 41.6 Å². The molecule has 7 nitrogen and oxygen atoms in total. The SMILES string of the molecule is COCCCN1C(=O)/C(=C\c2ccc(OC)c(OC)c2)C(C(=O)OC)=C1C. The van der Waals surface area contributed by atoms with E-state index in [1.807, 2.05) is 0 Å². The Labute approximate surface area is 159 Å². The highest BCUT2D eigenvalue weighted by atomic mass is 16.5. The Hall–Kier alpha value is -2.80. The van der Waals surface area contributed by atoms with Crippen LogP contribution in [0.25, 0.3) is 6.08 Å². The first-order chi connectivity index (χ1) is 13.0. The highest BCUT2D eigenvalue weighted by Gasteiger charge is 2.36. The van der Waals surface area contributed by atoms with E-state index >= 15 is 0 Å². The van der Waals surface area contributed by atoms with Crippen LogP contribution in [0, 0.1) is 0 Å². The third kappa shape index (κ3) is 4.31. The first-order valence-corrected chi connectivity index (χ1v) is 8.52. The van der Waals surface area contributed by atoms with Gasteiger partial charge in [0.25, 0.3) is 5.91 Å². The van der Waals surface area contributed by atoms with Crippen LogP contribution >= 0.6 is 0 Å². The lowest BCUT2D eigenvalue weighted by Crippen LogP contribution is -2.26. The van der Waals surface area contributed by atoms with Crippen LogP contribution in [0.15, 0.2) is 35.0 Å². The van der Waals surface area contributed by atoms with Crippen molar-refractivity contribution in [3.63, 3.8) is 0 Å². The standard InChI is InChI=1S/C20H25NO6/c1-13-18(20(23)27-5)15(19(22)21(13)9-6-10-24-2)11-14-7-8-16(25-3)17(12-14)26-4/h7-8,11-12H,6,9-10H2,1-5H3/b15-11-. The molecule has 1 aromatic rings. The van der Waals surface area contributed by atoms with Gasteiger partial charge < -0.3 is 23.8 Å². The zero-order valence-electron chi connectivity index (χ0n) is 16.3. The maximum atomic E-state index is 12.9. The lowest BCUT2D eigenvalue weighted by Gasteiger charge is -2.17. The number of rotatable bonds is 8. The smallest absolute Gasteiger partial charge is 0.340 e. The minimum atomic E-state index is -0.540. The molecule has 0 bridgehead atoms. The molecule has 1 amide bonds. The fraction of sp³-hybridized carbons (Fsp3) is 0.400. The van der Waals surface area contributed by atoms with Gasteiger partial charge in [-0.1, -0.05) is 6.07 Å². The second kappa shape index (κ2) is 9.23. The number of nitrogens with zero attached hydrogens (tertiary/aromatic N) is 1. The van der Waals surface area contributed by atoms with E-state index in [-0.39, 0.29) is 11.5 Å². The molecule has 0 unspecified atom stereocenters. The molecule has 7 heteroatoms.